The van der Waals surface area contributed by atoms with E-state index in [1.54, 1.807) is 7.05 Å². The summed E-state index contributed by atoms with van der Waals surface area (Å²) in [6, 6.07) is -0.0329. The molecule has 108 valence electrons. The Balaban J connectivity index is 2.19. The minimum Gasteiger partial charge on any atom is -0.316 e. The van der Waals surface area contributed by atoms with Gasteiger partial charge in [-0.3, -0.25) is 5.10 Å². The zero-order chi connectivity index (χ0) is 14.0. The number of rotatable bonds is 5. The molecular formula is C11H21N5O2S. The zero-order valence-electron chi connectivity index (χ0n) is 11.5. The predicted molar refractivity (Wildman–Crippen MR) is 72.3 cm³/mol. The topological polar surface area (TPSA) is 90.1 Å². The van der Waals surface area contributed by atoms with Gasteiger partial charge in [-0.15, -0.1) is 0 Å². The molecule has 1 aromatic heterocycles. The Morgan fingerprint density at radius 1 is 1.53 bits per heavy atom. The third-order valence-corrected chi connectivity index (χ3v) is 4.85. The highest BCUT2D eigenvalue weighted by Crippen LogP contribution is 2.17. The van der Waals surface area contributed by atoms with Crippen molar-refractivity contribution in [3.05, 3.63) is 11.3 Å². The summed E-state index contributed by atoms with van der Waals surface area (Å²) in [5, 5.41) is 9.75. The van der Waals surface area contributed by atoms with Crippen LogP contribution in [0.25, 0.3) is 0 Å². The van der Waals surface area contributed by atoms with Crippen molar-refractivity contribution in [1.82, 2.24) is 25.1 Å². The number of aromatic amines is 1. The third-order valence-electron chi connectivity index (χ3n) is 3.36. The number of aromatic nitrogens is 2. The number of hydrogen-bond donors (Lipinski definition) is 3. The van der Waals surface area contributed by atoms with E-state index >= 15 is 0 Å². The van der Waals surface area contributed by atoms with E-state index in [1.807, 2.05) is 14.0 Å². The van der Waals surface area contributed by atoms with Crippen molar-refractivity contribution in [2.75, 3.05) is 27.2 Å². The fourth-order valence-electron chi connectivity index (χ4n) is 2.34. The summed E-state index contributed by atoms with van der Waals surface area (Å²) in [6.07, 6.45) is 0.834. The van der Waals surface area contributed by atoms with E-state index < -0.39 is 10.0 Å². The van der Waals surface area contributed by atoms with Crippen LogP contribution in [0, 0.1) is 6.92 Å². The van der Waals surface area contributed by atoms with Crippen LogP contribution in [0.5, 0.6) is 0 Å². The molecule has 0 spiro atoms. The average Bonchev–Trinajstić information content (AvgIpc) is 2.87. The molecule has 2 heterocycles. The van der Waals surface area contributed by atoms with E-state index in [9.17, 15) is 8.42 Å². The molecule has 0 bridgehead atoms. The number of nitrogens with one attached hydrogen (secondary N) is 3. The standard InChI is InChI=1S/C11H21N5O2S/c1-8-10(6-12-2)11(14-13-8)19(17,18)15-9-4-5-16(3)7-9/h9,12,15H,4-7H2,1-3H3,(H,13,14). The Bertz CT molecular complexity index is 539. The first-order valence-corrected chi connectivity index (χ1v) is 7.81. The van der Waals surface area contributed by atoms with Gasteiger partial charge in [0.2, 0.25) is 0 Å². The van der Waals surface area contributed by atoms with Crippen LogP contribution in [0.15, 0.2) is 5.03 Å². The number of nitrogens with zero attached hydrogens (tertiary/aromatic N) is 2. The second-order valence-electron chi connectivity index (χ2n) is 5.03. The summed E-state index contributed by atoms with van der Waals surface area (Å²) in [5.74, 6) is 0. The summed E-state index contributed by atoms with van der Waals surface area (Å²) < 4.78 is 27.5. The van der Waals surface area contributed by atoms with Crippen molar-refractivity contribution in [1.29, 1.82) is 0 Å². The van der Waals surface area contributed by atoms with Crippen molar-refractivity contribution in [2.24, 2.45) is 0 Å². The van der Waals surface area contributed by atoms with Gasteiger partial charge in [0.25, 0.3) is 10.0 Å². The highest BCUT2D eigenvalue weighted by atomic mass is 32.2. The maximum absolute atomic E-state index is 12.4. The Kier molecular flexibility index (Phi) is 4.24. The van der Waals surface area contributed by atoms with Gasteiger partial charge in [0.15, 0.2) is 5.03 Å². The van der Waals surface area contributed by atoms with E-state index in [4.69, 9.17) is 0 Å². The monoisotopic (exact) mass is 287 g/mol. The number of aryl methyl sites for hydroxylation is 1. The highest BCUT2D eigenvalue weighted by Gasteiger charge is 2.29. The molecule has 19 heavy (non-hydrogen) atoms. The van der Waals surface area contributed by atoms with Crippen LogP contribution in [0.2, 0.25) is 0 Å². The average molecular weight is 287 g/mol. The Labute approximate surface area is 113 Å². The summed E-state index contributed by atoms with van der Waals surface area (Å²) in [7, 11) is 0.207. The Morgan fingerprint density at radius 2 is 2.26 bits per heavy atom. The second-order valence-corrected chi connectivity index (χ2v) is 6.66. The SMILES string of the molecule is CNCc1c(S(=O)(=O)NC2CCN(C)C2)n[nH]c1C. The molecular weight excluding hydrogens is 266 g/mol. The number of H-pyrrole nitrogens is 1. The maximum atomic E-state index is 12.4. The molecule has 7 nitrogen and oxygen atoms in total. The van der Waals surface area contributed by atoms with Crippen molar-refractivity contribution < 1.29 is 8.42 Å². The Morgan fingerprint density at radius 3 is 2.84 bits per heavy atom. The van der Waals surface area contributed by atoms with E-state index in [-0.39, 0.29) is 11.1 Å². The molecule has 1 aliphatic heterocycles. The molecule has 8 heteroatoms. The van der Waals surface area contributed by atoms with Gasteiger partial charge in [-0.2, -0.15) is 5.10 Å². The summed E-state index contributed by atoms with van der Waals surface area (Å²) in [4.78, 5) is 2.11. The summed E-state index contributed by atoms with van der Waals surface area (Å²) in [5.41, 5.74) is 1.47. The largest absolute Gasteiger partial charge is 0.316 e. The van der Waals surface area contributed by atoms with E-state index in [0.29, 0.717) is 12.1 Å². The van der Waals surface area contributed by atoms with Crippen LogP contribution < -0.4 is 10.0 Å². The summed E-state index contributed by atoms with van der Waals surface area (Å²) in [6.45, 7) is 3.95. The minimum atomic E-state index is -3.56. The van der Waals surface area contributed by atoms with Crippen LogP contribution in [0.4, 0.5) is 0 Å². The molecule has 1 atom stereocenters. The lowest BCUT2D eigenvalue weighted by atomic mass is 10.3. The van der Waals surface area contributed by atoms with Crippen molar-refractivity contribution in [3.63, 3.8) is 0 Å². The Hall–Kier alpha value is -0.960. The second kappa shape index (κ2) is 5.58. The maximum Gasteiger partial charge on any atom is 0.260 e. The molecule has 0 aliphatic carbocycles. The fraction of sp³-hybridized carbons (Fsp3) is 0.727. The van der Waals surface area contributed by atoms with E-state index in [0.717, 1.165) is 25.2 Å². The van der Waals surface area contributed by atoms with Crippen LogP contribution in [-0.4, -0.2) is 56.7 Å². The lowest BCUT2D eigenvalue weighted by Crippen LogP contribution is -2.37. The molecule has 1 saturated heterocycles. The molecule has 0 amide bonds. The smallest absolute Gasteiger partial charge is 0.260 e. The molecule has 2 rings (SSSR count). The van der Waals surface area contributed by atoms with Gasteiger partial charge in [-0.1, -0.05) is 0 Å². The van der Waals surface area contributed by atoms with Crippen molar-refractivity contribution in [3.8, 4) is 0 Å². The van der Waals surface area contributed by atoms with E-state index in [1.165, 1.54) is 0 Å². The van der Waals surface area contributed by atoms with Gasteiger partial charge in [-0.05, 0) is 34.0 Å². The summed E-state index contributed by atoms with van der Waals surface area (Å²) >= 11 is 0. The van der Waals surface area contributed by atoms with E-state index in [2.05, 4.69) is 25.1 Å². The van der Waals surface area contributed by atoms with Gasteiger partial charge in [0.1, 0.15) is 0 Å². The molecule has 1 aliphatic rings. The molecule has 1 aromatic rings. The highest BCUT2D eigenvalue weighted by molar-refractivity contribution is 7.89. The minimum absolute atomic E-state index is 0.0329. The first-order chi connectivity index (χ1) is 8.94. The zero-order valence-corrected chi connectivity index (χ0v) is 12.3. The molecule has 3 N–H and O–H groups in total. The number of hydrogen-bond acceptors (Lipinski definition) is 5. The quantitative estimate of drug-likeness (QED) is 0.674. The lowest BCUT2D eigenvalue weighted by molar-refractivity contribution is 0.407. The third kappa shape index (κ3) is 3.14. The van der Waals surface area contributed by atoms with Crippen molar-refractivity contribution >= 4 is 10.0 Å². The molecule has 1 unspecified atom stereocenters. The molecule has 0 radical (unpaired) electrons. The van der Waals surface area contributed by atoms with Crippen LogP contribution >= 0.6 is 0 Å². The fourth-order valence-corrected chi connectivity index (χ4v) is 3.80. The number of sulfonamides is 1. The van der Waals surface area contributed by atoms with Crippen LogP contribution in [0.1, 0.15) is 17.7 Å². The normalized spacial score (nSPS) is 21.1. The van der Waals surface area contributed by atoms with Crippen LogP contribution in [-0.2, 0) is 16.6 Å². The molecule has 0 aromatic carbocycles. The van der Waals surface area contributed by atoms with Gasteiger partial charge < -0.3 is 10.2 Å². The van der Waals surface area contributed by atoms with Gasteiger partial charge in [0, 0.05) is 30.4 Å². The van der Waals surface area contributed by atoms with Gasteiger partial charge >= 0.3 is 0 Å². The molecule has 0 saturated carbocycles. The number of likely N-dealkylation sites (N-methyl/N-ethyl adjacent to an activating group) is 1. The number of likely N-dealkylation sites (tertiary alicyclic amines) is 1. The first kappa shape index (κ1) is 14.4. The lowest BCUT2D eigenvalue weighted by Gasteiger charge is -2.13. The van der Waals surface area contributed by atoms with Gasteiger partial charge in [0.05, 0.1) is 0 Å². The molecule has 1 fully saturated rings. The van der Waals surface area contributed by atoms with Crippen LogP contribution in [0.3, 0.4) is 0 Å². The van der Waals surface area contributed by atoms with Crippen molar-refractivity contribution in [2.45, 2.75) is 31.0 Å². The van der Waals surface area contributed by atoms with Gasteiger partial charge in [-0.25, -0.2) is 13.1 Å². The first-order valence-electron chi connectivity index (χ1n) is 6.33. The predicted octanol–water partition coefficient (Wildman–Crippen LogP) is -0.580.